The number of rotatable bonds is 8. The van der Waals surface area contributed by atoms with E-state index in [2.05, 4.69) is 21.2 Å². The summed E-state index contributed by atoms with van der Waals surface area (Å²) in [5.74, 6) is -0.495. The number of carbonyl (C=O) groups excluding carboxylic acids is 1. The molecule has 0 aliphatic heterocycles. The molecule has 0 fully saturated rings. The largest absolute Gasteiger partial charge is 0.495 e. The molecule has 9 nitrogen and oxygen atoms in total. The second-order valence-electron chi connectivity index (χ2n) is 7.55. The molecular formula is C23H21BrClN3O6S. The lowest BCUT2D eigenvalue weighted by atomic mass is 10.2. The number of hydrogen-bond acceptors (Lipinski definition) is 6. The number of benzene rings is 3. The lowest BCUT2D eigenvalue weighted by Gasteiger charge is -2.26. The summed E-state index contributed by atoms with van der Waals surface area (Å²) in [6, 6.07) is 13.0. The molecule has 3 aromatic rings. The smallest absolute Gasteiger partial charge is 0.273 e. The van der Waals surface area contributed by atoms with Gasteiger partial charge in [0.05, 0.1) is 22.6 Å². The molecule has 35 heavy (non-hydrogen) atoms. The SMILES string of the molecule is COc1ccc(Cl)cc1N(CC(=O)Nc1ccc(Br)c(C)c1)S(=O)(=O)c1ccc(C)c([N+](=O)[O-])c1. The number of aryl methyl sites for hydroxylation is 2. The Morgan fingerprint density at radius 3 is 2.46 bits per heavy atom. The molecule has 0 saturated carbocycles. The van der Waals surface area contributed by atoms with Gasteiger partial charge in [-0.05, 0) is 61.9 Å². The minimum absolute atomic E-state index is 0.00497. The molecule has 0 aliphatic rings. The van der Waals surface area contributed by atoms with Crippen molar-refractivity contribution in [1.29, 1.82) is 0 Å². The predicted molar refractivity (Wildman–Crippen MR) is 138 cm³/mol. The van der Waals surface area contributed by atoms with E-state index in [1.807, 2.05) is 6.92 Å². The Kier molecular flexibility index (Phi) is 8.04. The van der Waals surface area contributed by atoms with Gasteiger partial charge in [0.15, 0.2) is 0 Å². The first-order valence-electron chi connectivity index (χ1n) is 10.1. The number of ether oxygens (including phenoxy) is 1. The van der Waals surface area contributed by atoms with E-state index < -0.39 is 27.4 Å². The topological polar surface area (TPSA) is 119 Å². The van der Waals surface area contributed by atoms with Gasteiger partial charge in [-0.15, -0.1) is 0 Å². The maximum atomic E-state index is 13.7. The van der Waals surface area contributed by atoms with Gasteiger partial charge in [0.1, 0.15) is 12.3 Å². The monoisotopic (exact) mass is 581 g/mol. The van der Waals surface area contributed by atoms with E-state index >= 15 is 0 Å². The maximum absolute atomic E-state index is 13.7. The maximum Gasteiger partial charge on any atom is 0.273 e. The van der Waals surface area contributed by atoms with Gasteiger partial charge < -0.3 is 10.1 Å². The standard InChI is InChI=1S/C23H21BrClN3O6S/c1-14-4-7-18(12-20(14)28(30)31)35(32,33)27(21-11-16(25)5-9-22(21)34-3)13-23(29)26-17-6-8-19(24)15(2)10-17/h4-12H,13H2,1-3H3,(H,26,29). The Hall–Kier alpha value is -3.15. The van der Waals surface area contributed by atoms with Crippen molar-refractivity contribution in [2.24, 2.45) is 0 Å². The average Bonchev–Trinajstić information content (AvgIpc) is 2.79. The second-order valence-corrected chi connectivity index (χ2v) is 10.7. The van der Waals surface area contributed by atoms with Gasteiger partial charge in [0.2, 0.25) is 5.91 Å². The van der Waals surface area contributed by atoms with E-state index in [1.54, 1.807) is 18.2 Å². The lowest BCUT2D eigenvalue weighted by Crippen LogP contribution is -2.38. The molecule has 0 unspecified atom stereocenters. The first-order valence-corrected chi connectivity index (χ1v) is 12.7. The third-order valence-electron chi connectivity index (χ3n) is 5.10. The highest BCUT2D eigenvalue weighted by Gasteiger charge is 2.31. The molecule has 1 N–H and O–H groups in total. The summed E-state index contributed by atoms with van der Waals surface area (Å²) in [6.45, 7) is 2.70. The number of methoxy groups -OCH3 is 1. The first kappa shape index (κ1) is 26.5. The van der Waals surface area contributed by atoms with Gasteiger partial charge in [0, 0.05) is 26.8 Å². The molecule has 0 saturated heterocycles. The number of halogens is 2. The summed E-state index contributed by atoms with van der Waals surface area (Å²) < 4.78 is 34.4. The van der Waals surface area contributed by atoms with Crippen LogP contribution < -0.4 is 14.4 Å². The molecule has 0 aromatic heterocycles. The van der Waals surface area contributed by atoms with Crippen molar-refractivity contribution in [3.05, 3.63) is 85.3 Å². The Labute approximate surface area is 216 Å². The van der Waals surface area contributed by atoms with Crippen molar-refractivity contribution in [3.8, 4) is 5.75 Å². The van der Waals surface area contributed by atoms with Gasteiger partial charge in [-0.3, -0.25) is 19.2 Å². The summed E-state index contributed by atoms with van der Waals surface area (Å²) in [5, 5.41) is 14.3. The normalized spacial score (nSPS) is 11.1. The fourth-order valence-corrected chi connectivity index (χ4v) is 5.14. The second kappa shape index (κ2) is 10.6. The van der Waals surface area contributed by atoms with Gasteiger partial charge in [-0.2, -0.15) is 0 Å². The van der Waals surface area contributed by atoms with Gasteiger partial charge >= 0.3 is 0 Å². The molecule has 0 heterocycles. The van der Waals surface area contributed by atoms with Crippen LogP contribution >= 0.6 is 27.5 Å². The number of carbonyl (C=O) groups is 1. The van der Waals surface area contributed by atoms with Gasteiger partial charge in [-0.1, -0.05) is 33.6 Å². The van der Waals surface area contributed by atoms with Gasteiger partial charge in [0.25, 0.3) is 15.7 Å². The Morgan fingerprint density at radius 1 is 1.11 bits per heavy atom. The fraction of sp³-hybridized carbons (Fsp3) is 0.174. The van der Waals surface area contributed by atoms with E-state index in [4.69, 9.17) is 16.3 Å². The molecule has 0 spiro atoms. The van der Waals surface area contributed by atoms with Crippen molar-refractivity contribution >= 4 is 60.5 Å². The Morgan fingerprint density at radius 2 is 1.83 bits per heavy atom. The minimum Gasteiger partial charge on any atom is -0.495 e. The molecule has 184 valence electrons. The number of nitro benzene ring substituents is 1. The van der Waals surface area contributed by atoms with Crippen LogP contribution in [-0.2, 0) is 14.8 Å². The molecule has 0 bridgehead atoms. The van der Waals surface area contributed by atoms with Crippen LogP contribution in [-0.4, -0.2) is 32.9 Å². The summed E-state index contributed by atoms with van der Waals surface area (Å²) >= 11 is 9.52. The third kappa shape index (κ3) is 5.92. The number of hydrogen-bond donors (Lipinski definition) is 1. The zero-order valence-electron chi connectivity index (χ0n) is 18.9. The fourth-order valence-electron chi connectivity index (χ4n) is 3.28. The van der Waals surface area contributed by atoms with Crippen LogP contribution in [0.5, 0.6) is 5.75 Å². The Bertz CT molecular complexity index is 1410. The van der Waals surface area contributed by atoms with E-state index in [0.717, 1.165) is 20.4 Å². The summed E-state index contributed by atoms with van der Waals surface area (Å²) in [7, 11) is -3.11. The highest BCUT2D eigenvalue weighted by Crippen LogP contribution is 2.36. The molecule has 12 heteroatoms. The molecule has 0 radical (unpaired) electrons. The first-order chi connectivity index (χ1) is 16.4. The number of sulfonamides is 1. The van der Waals surface area contributed by atoms with Crippen LogP contribution in [0, 0.1) is 24.0 Å². The van der Waals surface area contributed by atoms with Crippen molar-refractivity contribution in [2.75, 3.05) is 23.3 Å². The number of nitrogens with one attached hydrogen (secondary N) is 1. The summed E-state index contributed by atoms with van der Waals surface area (Å²) in [4.78, 5) is 23.4. The predicted octanol–water partition coefficient (Wildman–Crippen LogP) is 5.47. The van der Waals surface area contributed by atoms with Crippen molar-refractivity contribution in [3.63, 3.8) is 0 Å². The lowest BCUT2D eigenvalue weighted by molar-refractivity contribution is -0.385. The summed E-state index contributed by atoms with van der Waals surface area (Å²) in [5.41, 5.74) is 1.28. The van der Waals surface area contributed by atoms with Crippen LogP contribution in [0.2, 0.25) is 5.02 Å². The molecule has 3 rings (SSSR count). The third-order valence-corrected chi connectivity index (χ3v) is 7.98. The highest BCUT2D eigenvalue weighted by molar-refractivity contribution is 9.10. The highest BCUT2D eigenvalue weighted by atomic mass is 79.9. The number of nitrogens with zero attached hydrogens (tertiary/aromatic N) is 2. The van der Waals surface area contributed by atoms with Crippen molar-refractivity contribution in [2.45, 2.75) is 18.7 Å². The molecule has 3 aromatic carbocycles. The van der Waals surface area contributed by atoms with Crippen LogP contribution in [0.1, 0.15) is 11.1 Å². The van der Waals surface area contributed by atoms with Crippen molar-refractivity contribution in [1.82, 2.24) is 0 Å². The van der Waals surface area contributed by atoms with Gasteiger partial charge in [-0.25, -0.2) is 8.42 Å². The van der Waals surface area contributed by atoms with E-state index in [1.165, 1.54) is 44.4 Å². The quantitative estimate of drug-likeness (QED) is 0.278. The zero-order chi connectivity index (χ0) is 25.9. The van der Waals surface area contributed by atoms with Crippen LogP contribution in [0.3, 0.4) is 0 Å². The molecular weight excluding hydrogens is 562 g/mol. The average molecular weight is 583 g/mol. The molecule has 1 amide bonds. The minimum atomic E-state index is -4.46. The summed E-state index contributed by atoms with van der Waals surface area (Å²) in [6.07, 6.45) is 0. The van der Waals surface area contributed by atoms with Crippen molar-refractivity contribution < 1.29 is 22.9 Å². The number of nitro groups is 1. The van der Waals surface area contributed by atoms with E-state index in [0.29, 0.717) is 11.3 Å². The van der Waals surface area contributed by atoms with Crippen LogP contribution in [0.4, 0.5) is 17.1 Å². The number of anilines is 2. The van der Waals surface area contributed by atoms with Crippen LogP contribution in [0.15, 0.2) is 64.0 Å². The molecule has 0 atom stereocenters. The Balaban J connectivity index is 2.09. The van der Waals surface area contributed by atoms with Crippen LogP contribution in [0.25, 0.3) is 0 Å². The molecule has 0 aliphatic carbocycles. The van der Waals surface area contributed by atoms with E-state index in [9.17, 15) is 23.3 Å². The van der Waals surface area contributed by atoms with E-state index in [-0.39, 0.29) is 27.0 Å². The number of amides is 1. The zero-order valence-corrected chi connectivity index (χ0v) is 22.1.